The van der Waals surface area contributed by atoms with E-state index in [1.807, 2.05) is 0 Å². The van der Waals surface area contributed by atoms with Gasteiger partial charge < -0.3 is 10.2 Å². The molecule has 1 fully saturated rings. The maximum absolute atomic E-state index is 12.5. The van der Waals surface area contributed by atoms with Gasteiger partial charge in [-0.25, -0.2) is 18.9 Å². The van der Waals surface area contributed by atoms with Gasteiger partial charge in [-0.15, -0.1) is 5.10 Å². The lowest BCUT2D eigenvalue weighted by atomic mass is 10.2. The molecule has 1 aliphatic rings. The van der Waals surface area contributed by atoms with Crippen LogP contribution in [0.2, 0.25) is 0 Å². The Morgan fingerprint density at radius 1 is 1.24 bits per heavy atom. The van der Waals surface area contributed by atoms with Crippen molar-refractivity contribution < 1.29 is 4.79 Å². The van der Waals surface area contributed by atoms with Crippen LogP contribution in [0.15, 0.2) is 17.2 Å². The van der Waals surface area contributed by atoms with Crippen molar-refractivity contribution >= 4 is 17.4 Å². The first-order chi connectivity index (χ1) is 12.2. The van der Waals surface area contributed by atoms with E-state index in [0.717, 1.165) is 44.6 Å². The minimum atomic E-state index is -0.306. The Morgan fingerprint density at radius 3 is 2.72 bits per heavy atom. The Hall–Kier alpha value is -2.38. The number of aromatic nitrogens is 4. The van der Waals surface area contributed by atoms with Crippen LogP contribution in [0.1, 0.15) is 45.4 Å². The predicted molar refractivity (Wildman–Crippen MR) is 95.8 cm³/mol. The van der Waals surface area contributed by atoms with E-state index in [0.29, 0.717) is 12.2 Å². The molecule has 2 aromatic rings. The molecule has 25 heavy (non-hydrogen) atoms. The van der Waals surface area contributed by atoms with Crippen LogP contribution in [-0.4, -0.2) is 44.7 Å². The summed E-state index contributed by atoms with van der Waals surface area (Å²) in [5, 5.41) is 7.20. The zero-order valence-electron chi connectivity index (χ0n) is 14.8. The van der Waals surface area contributed by atoms with Crippen LogP contribution in [0.5, 0.6) is 0 Å². The molecule has 8 heteroatoms. The first kappa shape index (κ1) is 17.4. The van der Waals surface area contributed by atoms with Crippen LogP contribution in [0.3, 0.4) is 0 Å². The number of rotatable bonds is 6. The molecule has 0 saturated carbocycles. The standard InChI is InChI=1S/C17H26N6O2/c1-2-3-8-18-14(24)13-23-17(25)22-12-9-19-15(16(22)20-23)21-10-6-4-5-7-11-21/h9,12H,2-8,10-11,13H2,1H3,(H,18,24). The van der Waals surface area contributed by atoms with Crippen molar-refractivity contribution in [2.75, 3.05) is 24.5 Å². The first-order valence-corrected chi connectivity index (χ1v) is 9.16. The summed E-state index contributed by atoms with van der Waals surface area (Å²) in [6.07, 6.45) is 9.85. The number of fused-ring (bicyclic) bond motifs is 1. The Labute approximate surface area is 146 Å². The van der Waals surface area contributed by atoms with Crippen molar-refractivity contribution in [1.29, 1.82) is 0 Å². The van der Waals surface area contributed by atoms with Crippen molar-refractivity contribution in [3.8, 4) is 0 Å². The number of nitrogens with one attached hydrogen (secondary N) is 1. The zero-order chi connectivity index (χ0) is 17.6. The van der Waals surface area contributed by atoms with Gasteiger partial charge in [0.15, 0.2) is 5.82 Å². The van der Waals surface area contributed by atoms with Gasteiger partial charge in [0.1, 0.15) is 6.54 Å². The molecule has 0 spiro atoms. The lowest BCUT2D eigenvalue weighted by Crippen LogP contribution is -2.33. The largest absolute Gasteiger partial charge is 0.354 e. The summed E-state index contributed by atoms with van der Waals surface area (Å²) in [6, 6.07) is 0. The van der Waals surface area contributed by atoms with Crippen LogP contribution < -0.4 is 15.9 Å². The quantitative estimate of drug-likeness (QED) is 0.794. The van der Waals surface area contributed by atoms with E-state index in [1.54, 1.807) is 12.4 Å². The third-order valence-electron chi connectivity index (χ3n) is 4.53. The molecular weight excluding hydrogens is 320 g/mol. The number of nitrogens with zero attached hydrogens (tertiary/aromatic N) is 5. The van der Waals surface area contributed by atoms with Crippen LogP contribution in [-0.2, 0) is 11.3 Å². The average Bonchev–Trinajstić information content (AvgIpc) is 2.80. The molecule has 1 aliphatic heterocycles. The van der Waals surface area contributed by atoms with Gasteiger partial charge in [-0.05, 0) is 19.3 Å². The SMILES string of the molecule is CCCCNC(=O)Cn1nc2c(N3CCCCCC3)nccn2c1=O. The van der Waals surface area contributed by atoms with E-state index in [2.05, 4.69) is 27.2 Å². The molecule has 0 bridgehead atoms. The predicted octanol–water partition coefficient (Wildman–Crippen LogP) is 1.19. The second-order valence-corrected chi connectivity index (χ2v) is 6.49. The number of carbonyl (C=O) groups excluding carboxylic acids is 1. The van der Waals surface area contributed by atoms with E-state index in [9.17, 15) is 9.59 Å². The lowest BCUT2D eigenvalue weighted by Gasteiger charge is -2.20. The molecule has 0 atom stereocenters. The maximum Gasteiger partial charge on any atom is 0.350 e. The van der Waals surface area contributed by atoms with Gasteiger partial charge in [-0.3, -0.25) is 4.79 Å². The number of hydrogen-bond donors (Lipinski definition) is 1. The second-order valence-electron chi connectivity index (χ2n) is 6.49. The molecule has 1 N–H and O–H groups in total. The zero-order valence-corrected chi connectivity index (χ0v) is 14.8. The van der Waals surface area contributed by atoms with Gasteiger partial charge >= 0.3 is 5.69 Å². The maximum atomic E-state index is 12.5. The molecule has 0 aliphatic carbocycles. The van der Waals surface area contributed by atoms with Crippen molar-refractivity contribution in [2.45, 2.75) is 52.0 Å². The molecule has 3 rings (SSSR count). The van der Waals surface area contributed by atoms with Gasteiger partial charge in [0, 0.05) is 32.0 Å². The van der Waals surface area contributed by atoms with E-state index >= 15 is 0 Å². The molecule has 0 unspecified atom stereocenters. The summed E-state index contributed by atoms with van der Waals surface area (Å²) in [6.45, 7) is 4.47. The Kier molecular flexibility index (Phi) is 5.67. The van der Waals surface area contributed by atoms with Crippen molar-refractivity contribution in [3.05, 3.63) is 22.9 Å². The minimum absolute atomic E-state index is 0.0658. The average molecular weight is 346 g/mol. The number of anilines is 1. The van der Waals surface area contributed by atoms with Crippen LogP contribution >= 0.6 is 0 Å². The Bertz CT molecular complexity index is 773. The molecule has 8 nitrogen and oxygen atoms in total. The molecule has 3 heterocycles. The molecule has 2 aromatic heterocycles. The molecule has 0 aromatic carbocycles. The summed E-state index contributed by atoms with van der Waals surface area (Å²) in [5.41, 5.74) is 0.217. The van der Waals surface area contributed by atoms with Crippen molar-refractivity contribution in [3.63, 3.8) is 0 Å². The highest BCUT2D eigenvalue weighted by Crippen LogP contribution is 2.20. The van der Waals surface area contributed by atoms with Crippen molar-refractivity contribution in [1.82, 2.24) is 24.5 Å². The number of amides is 1. The fourth-order valence-electron chi connectivity index (χ4n) is 3.14. The lowest BCUT2D eigenvalue weighted by molar-refractivity contribution is -0.121. The van der Waals surface area contributed by atoms with Gasteiger partial charge in [0.2, 0.25) is 11.6 Å². The minimum Gasteiger partial charge on any atom is -0.354 e. The van der Waals surface area contributed by atoms with E-state index in [1.165, 1.54) is 21.9 Å². The summed E-state index contributed by atoms with van der Waals surface area (Å²) >= 11 is 0. The molecule has 1 saturated heterocycles. The topological polar surface area (TPSA) is 84.5 Å². The van der Waals surface area contributed by atoms with Crippen LogP contribution in [0, 0.1) is 0 Å². The first-order valence-electron chi connectivity index (χ1n) is 9.16. The van der Waals surface area contributed by atoms with Gasteiger partial charge in [0.25, 0.3) is 0 Å². The summed E-state index contributed by atoms with van der Waals surface area (Å²) < 4.78 is 2.70. The van der Waals surface area contributed by atoms with Crippen LogP contribution in [0.4, 0.5) is 5.82 Å². The summed E-state index contributed by atoms with van der Waals surface area (Å²) in [5.74, 6) is 0.537. The third kappa shape index (κ3) is 4.00. The molecule has 1 amide bonds. The Balaban J connectivity index is 1.84. The van der Waals surface area contributed by atoms with Crippen molar-refractivity contribution in [2.24, 2.45) is 0 Å². The highest BCUT2D eigenvalue weighted by molar-refractivity contribution is 5.75. The number of carbonyl (C=O) groups is 1. The second kappa shape index (κ2) is 8.13. The highest BCUT2D eigenvalue weighted by atomic mass is 16.2. The van der Waals surface area contributed by atoms with Gasteiger partial charge in [-0.2, -0.15) is 0 Å². The summed E-state index contributed by atoms with van der Waals surface area (Å²) in [7, 11) is 0. The normalized spacial score (nSPS) is 15.3. The molecule has 0 radical (unpaired) electrons. The Morgan fingerprint density at radius 2 is 2.00 bits per heavy atom. The number of unbranched alkanes of at least 4 members (excludes halogenated alkanes) is 1. The van der Waals surface area contributed by atoms with Gasteiger partial charge in [-0.1, -0.05) is 26.2 Å². The third-order valence-corrected chi connectivity index (χ3v) is 4.53. The number of hydrogen-bond acceptors (Lipinski definition) is 5. The van der Waals surface area contributed by atoms with Crippen LogP contribution in [0.25, 0.3) is 5.65 Å². The van der Waals surface area contributed by atoms with Gasteiger partial charge in [0.05, 0.1) is 0 Å². The van der Waals surface area contributed by atoms with E-state index < -0.39 is 0 Å². The highest BCUT2D eigenvalue weighted by Gasteiger charge is 2.19. The fraction of sp³-hybridized carbons (Fsp3) is 0.647. The monoisotopic (exact) mass is 346 g/mol. The molecular formula is C17H26N6O2. The fourth-order valence-corrected chi connectivity index (χ4v) is 3.14. The molecule has 136 valence electrons. The van der Waals surface area contributed by atoms with E-state index in [4.69, 9.17) is 0 Å². The summed E-state index contributed by atoms with van der Waals surface area (Å²) in [4.78, 5) is 31.2. The smallest absolute Gasteiger partial charge is 0.350 e. The van der Waals surface area contributed by atoms with E-state index in [-0.39, 0.29) is 18.1 Å².